The van der Waals surface area contributed by atoms with Crippen LogP contribution in [0.1, 0.15) is 25.3 Å². The van der Waals surface area contributed by atoms with E-state index in [1.807, 2.05) is 28.0 Å². The lowest BCUT2D eigenvalue weighted by atomic mass is 10.1. The van der Waals surface area contributed by atoms with Crippen molar-refractivity contribution < 1.29 is 9.59 Å². The van der Waals surface area contributed by atoms with E-state index < -0.39 is 0 Å². The lowest BCUT2D eigenvalue weighted by molar-refractivity contribution is -0.135. The van der Waals surface area contributed by atoms with Crippen molar-refractivity contribution in [1.82, 2.24) is 9.80 Å². The summed E-state index contributed by atoms with van der Waals surface area (Å²) in [5, 5.41) is 0. The molecule has 2 saturated heterocycles. The van der Waals surface area contributed by atoms with Crippen molar-refractivity contribution in [1.29, 1.82) is 0 Å². The van der Waals surface area contributed by atoms with E-state index in [0.29, 0.717) is 13.0 Å². The standard InChI is InChI=1S/C19H27N3O2/c1-3-15-7-4-5-8-17(15)22-14-16(13-18(22)23)19(24)21-10-6-9-20(2)11-12-21/h4-5,7-8,16H,3,6,9-14H2,1-2H3/t16-/m1/s1. The van der Waals surface area contributed by atoms with Gasteiger partial charge in [0, 0.05) is 38.3 Å². The predicted molar refractivity (Wildman–Crippen MR) is 95.0 cm³/mol. The number of likely N-dealkylation sites (N-methyl/N-ethyl adjacent to an activating group) is 1. The van der Waals surface area contributed by atoms with Crippen molar-refractivity contribution in [3.05, 3.63) is 29.8 Å². The van der Waals surface area contributed by atoms with Gasteiger partial charge in [0.25, 0.3) is 0 Å². The molecule has 2 aliphatic heterocycles. The summed E-state index contributed by atoms with van der Waals surface area (Å²) >= 11 is 0. The highest BCUT2D eigenvalue weighted by atomic mass is 16.2. The lowest BCUT2D eigenvalue weighted by Crippen LogP contribution is -2.39. The molecule has 2 fully saturated rings. The van der Waals surface area contributed by atoms with E-state index in [9.17, 15) is 9.59 Å². The van der Waals surface area contributed by atoms with E-state index in [-0.39, 0.29) is 17.7 Å². The SMILES string of the molecule is CCc1ccccc1N1C[C@H](C(=O)N2CCCN(C)CC2)CC1=O. The quantitative estimate of drug-likeness (QED) is 0.849. The van der Waals surface area contributed by atoms with Crippen molar-refractivity contribution in [2.75, 3.05) is 44.7 Å². The molecular formula is C19H27N3O2. The predicted octanol–water partition coefficient (Wildman–Crippen LogP) is 1.77. The Morgan fingerprint density at radius 2 is 1.96 bits per heavy atom. The lowest BCUT2D eigenvalue weighted by Gasteiger charge is -2.24. The van der Waals surface area contributed by atoms with Crippen LogP contribution < -0.4 is 4.90 Å². The second-order valence-electron chi connectivity index (χ2n) is 6.87. The molecule has 0 saturated carbocycles. The third-order valence-corrected chi connectivity index (χ3v) is 5.17. The average Bonchev–Trinajstić information content (AvgIpc) is 2.84. The van der Waals surface area contributed by atoms with Gasteiger partial charge < -0.3 is 14.7 Å². The molecule has 0 radical (unpaired) electrons. The molecule has 2 aliphatic rings. The van der Waals surface area contributed by atoms with E-state index in [4.69, 9.17) is 0 Å². The second kappa shape index (κ2) is 7.34. The van der Waals surface area contributed by atoms with Gasteiger partial charge in [-0.05, 0) is 38.1 Å². The first kappa shape index (κ1) is 17.0. The van der Waals surface area contributed by atoms with Gasteiger partial charge >= 0.3 is 0 Å². The van der Waals surface area contributed by atoms with Crippen molar-refractivity contribution in [2.24, 2.45) is 5.92 Å². The fraction of sp³-hybridized carbons (Fsp3) is 0.579. The number of nitrogens with zero attached hydrogens (tertiary/aromatic N) is 3. The smallest absolute Gasteiger partial charge is 0.228 e. The molecule has 1 aromatic rings. The van der Waals surface area contributed by atoms with E-state index in [0.717, 1.165) is 50.3 Å². The maximum absolute atomic E-state index is 12.9. The Morgan fingerprint density at radius 1 is 1.17 bits per heavy atom. The summed E-state index contributed by atoms with van der Waals surface area (Å²) in [4.78, 5) is 31.4. The molecule has 0 N–H and O–H groups in total. The molecule has 1 atom stereocenters. The monoisotopic (exact) mass is 329 g/mol. The first-order chi connectivity index (χ1) is 11.6. The fourth-order valence-corrected chi connectivity index (χ4v) is 3.70. The zero-order valence-corrected chi connectivity index (χ0v) is 14.7. The van der Waals surface area contributed by atoms with Crippen LogP contribution in [0.25, 0.3) is 0 Å². The molecule has 0 aliphatic carbocycles. The molecule has 0 aromatic heterocycles. The van der Waals surface area contributed by atoms with E-state index in [2.05, 4.69) is 24.9 Å². The molecule has 130 valence electrons. The summed E-state index contributed by atoms with van der Waals surface area (Å²) in [6, 6.07) is 8.01. The van der Waals surface area contributed by atoms with Crippen LogP contribution in [0.15, 0.2) is 24.3 Å². The number of hydrogen-bond acceptors (Lipinski definition) is 3. The Kier molecular flexibility index (Phi) is 5.19. The van der Waals surface area contributed by atoms with Crippen LogP contribution >= 0.6 is 0 Å². The van der Waals surface area contributed by atoms with Crippen LogP contribution in [-0.4, -0.2) is 61.4 Å². The van der Waals surface area contributed by atoms with Crippen molar-refractivity contribution in [3.8, 4) is 0 Å². The van der Waals surface area contributed by atoms with Crippen molar-refractivity contribution >= 4 is 17.5 Å². The zero-order chi connectivity index (χ0) is 17.1. The highest BCUT2D eigenvalue weighted by Gasteiger charge is 2.37. The van der Waals surface area contributed by atoms with Crippen LogP contribution in [0.4, 0.5) is 5.69 Å². The van der Waals surface area contributed by atoms with E-state index in [1.165, 1.54) is 0 Å². The minimum atomic E-state index is -0.203. The Labute approximate surface area is 144 Å². The molecule has 3 rings (SSSR count). The van der Waals surface area contributed by atoms with Gasteiger partial charge in [0.05, 0.1) is 5.92 Å². The Hall–Kier alpha value is -1.88. The van der Waals surface area contributed by atoms with Gasteiger partial charge in [0.15, 0.2) is 0 Å². The molecule has 5 nitrogen and oxygen atoms in total. The number of carbonyl (C=O) groups is 2. The van der Waals surface area contributed by atoms with E-state index >= 15 is 0 Å². The van der Waals surface area contributed by atoms with Crippen molar-refractivity contribution in [2.45, 2.75) is 26.2 Å². The molecule has 0 unspecified atom stereocenters. The molecule has 5 heteroatoms. The number of aryl methyl sites for hydroxylation is 1. The molecule has 2 heterocycles. The van der Waals surface area contributed by atoms with Crippen LogP contribution in [0, 0.1) is 5.92 Å². The molecule has 2 amide bonds. The molecule has 24 heavy (non-hydrogen) atoms. The van der Waals surface area contributed by atoms with Gasteiger partial charge in [-0.2, -0.15) is 0 Å². The Balaban J connectivity index is 1.71. The first-order valence-corrected chi connectivity index (χ1v) is 8.95. The van der Waals surface area contributed by atoms with E-state index in [1.54, 1.807) is 0 Å². The largest absolute Gasteiger partial charge is 0.341 e. The summed E-state index contributed by atoms with van der Waals surface area (Å²) in [6.45, 7) is 6.12. The normalized spacial score (nSPS) is 22.8. The van der Waals surface area contributed by atoms with Crippen LogP contribution in [0.2, 0.25) is 0 Å². The minimum Gasteiger partial charge on any atom is -0.341 e. The molecule has 0 spiro atoms. The highest BCUT2D eigenvalue weighted by Crippen LogP contribution is 2.29. The molecule has 1 aromatic carbocycles. The third-order valence-electron chi connectivity index (χ3n) is 5.17. The topological polar surface area (TPSA) is 43.9 Å². The average molecular weight is 329 g/mol. The molecular weight excluding hydrogens is 302 g/mol. The number of rotatable bonds is 3. The highest BCUT2D eigenvalue weighted by molar-refractivity contribution is 6.00. The number of benzene rings is 1. The number of hydrogen-bond donors (Lipinski definition) is 0. The van der Waals surface area contributed by atoms with Gasteiger partial charge in [-0.25, -0.2) is 0 Å². The first-order valence-electron chi connectivity index (χ1n) is 8.95. The van der Waals surface area contributed by atoms with Gasteiger partial charge in [-0.15, -0.1) is 0 Å². The maximum Gasteiger partial charge on any atom is 0.228 e. The number of anilines is 1. The third kappa shape index (κ3) is 3.46. The number of para-hydroxylation sites is 1. The number of amides is 2. The van der Waals surface area contributed by atoms with Crippen LogP contribution in [0.3, 0.4) is 0 Å². The van der Waals surface area contributed by atoms with Crippen molar-refractivity contribution in [3.63, 3.8) is 0 Å². The Bertz CT molecular complexity index is 616. The zero-order valence-electron chi connectivity index (χ0n) is 14.7. The fourth-order valence-electron chi connectivity index (χ4n) is 3.70. The summed E-state index contributed by atoms with van der Waals surface area (Å²) in [6.07, 6.45) is 2.23. The van der Waals surface area contributed by atoms with Gasteiger partial charge in [0.1, 0.15) is 0 Å². The summed E-state index contributed by atoms with van der Waals surface area (Å²) in [7, 11) is 2.09. The van der Waals surface area contributed by atoms with Gasteiger partial charge in [-0.1, -0.05) is 25.1 Å². The summed E-state index contributed by atoms with van der Waals surface area (Å²) < 4.78 is 0. The van der Waals surface area contributed by atoms with Crippen LogP contribution in [-0.2, 0) is 16.0 Å². The minimum absolute atomic E-state index is 0.0705. The Morgan fingerprint density at radius 3 is 2.75 bits per heavy atom. The second-order valence-corrected chi connectivity index (χ2v) is 6.87. The van der Waals surface area contributed by atoms with Gasteiger partial charge in [0.2, 0.25) is 11.8 Å². The molecule has 0 bridgehead atoms. The van der Waals surface area contributed by atoms with Gasteiger partial charge in [-0.3, -0.25) is 9.59 Å². The number of carbonyl (C=O) groups excluding carboxylic acids is 2. The summed E-state index contributed by atoms with van der Waals surface area (Å²) in [5.74, 6) is 0.0159. The summed E-state index contributed by atoms with van der Waals surface area (Å²) in [5.41, 5.74) is 2.13. The maximum atomic E-state index is 12.9. The van der Waals surface area contributed by atoms with Crippen LogP contribution in [0.5, 0.6) is 0 Å².